The average Bonchev–Trinajstić information content (AvgIpc) is 3.41. The standard InChI is InChI=1S/C24H28N4O3/c1-18-12-23(27(2)26-18)24(29)28(15-21-7-3-4-10-25-21)14-19-6-5-8-22(13-19)31-17-20-9-11-30-16-20/h3-8,10,12-13,20H,9,11,14-17H2,1-2H3. The molecular weight excluding hydrogens is 392 g/mol. The van der Waals surface area contributed by atoms with E-state index in [1.807, 2.05) is 55.5 Å². The third-order valence-electron chi connectivity index (χ3n) is 5.37. The molecule has 1 fully saturated rings. The van der Waals surface area contributed by atoms with E-state index in [9.17, 15) is 4.79 Å². The maximum atomic E-state index is 13.4. The lowest BCUT2D eigenvalue weighted by molar-refractivity contribution is 0.0716. The number of aryl methyl sites for hydroxylation is 2. The van der Waals surface area contributed by atoms with Crippen molar-refractivity contribution in [2.75, 3.05) is 19.8 Å². The van der Waals surface area contributed by atoms with E-state index < -0.39 is 0 Å². The molecule has 7 heteroatoms. The van der Waals surface area contributed by atoms with E-state index in [1.54, 1.807) is 22.8 Å². The van der Waals surface area contributed by atoms with Crippen molar-refractivity contribution in [2.45, 2.75) is 26.4 Å². The second-order valence-corrected chi connectivity index (χ2v) is 7.96. The summed E-state index contributed by atoms with van der Waals surface area (Å²) in [7, 11) is 1.79. The highest BCUT2D eigenvalue weighted by Crippen LogP contribution is 2.20. The first kappa shape index (κ1) is 21.1. The predicted octanol–water partition coefficient (Wildman–Crippen LogP) is 3.38. The predicted molar refractivity (Wildman–Crippen MR) is 117 cm³/mol. The van der Waals surface area contributed by atoms with Crippen LogP contribution in [0, 0.1) is 12.8 Å². The Morgan fingerprint density at radius 1 is 1.23 bits per heavy atom. The highest BCUT2D eigenvalue weighted by Gasteiger charge is 2.21. The second kappa shape index (κ2) is 9.75. The number of aromatic nitrogens is 3. The quantitative estimate of drug-likeness (QED) is 0.559. The lowest BCUT2D eigenvalue weighted by Gasteiger charge is -2.23. The molecule has 7 nitrogen and oxygen atoms in total. The fourth-order valence-corrected chi connectivity index (χ4v) is 3.74. The Hall–Kier alpha value is -3.19. The Bertz CT molecular complexity index is 1010. The molecule has 4 rings (SSSR count). The van der Waals surface area contributed by atoms with Crippen LogP contribution in [-0.4, -0.2) is 45.4 Å². The molecule has 2 aromatic heterocycles. The number of nitrogens with zero attached hydrogens (tertiary/aromatic N) is 4. The zero-order valence-electron chi connectivity index (χ0n) is 18.0. The SMILES string of the molecule is Cc1cc(C(=O)N(Cc2cccc(OCC3CCOC3)c2)Cc2ccccn2)n(C)n1. The molecule has 1 aromatic carbocycles. The highest BCUT2D eigenvalue weighted by molar-refractivity contribution is 5.92. The third-order valence-corrected chi connectivity index (χ3v) is 5.37. The van der Waals surface area contributed by atoms with Crippen molar-refractivity contribution in [3.8, 4) is 5.75 Å². The molecule has 1 unspecified atom stereocenters. The number of carbonyl (C=O) groups excluding carboxylic acids is 1. The van der Waals surface area contributed by atoms with Crippen molar-refractivity contribution in [3.63, 3.8) is 0 Å². The van der Waals surface area contributed by atoms with Crippen LogP contribution in [0.2, 0.25) is 0 Å². The van der Waals surface area contributed by atoms with Gasteiger partial charge in [0.2, 0.25) is 0 Å². The van der Waals surface area contributed by atoms with Crippen LogP contribution in [0.1, 0.15) is 33.9 Å². The van der Waals surface area contributed by atoms with Crippen LogP contribution in [0.5, 0.6) is 5.75 Å². The van der Waals surface area contributed by atoms with Crippen molar-refractivity contribution in [1.82, 2.24) is 19.7 Å². The number of pyridine rings is 1. The van der Waals surface area contributed by atoms with Crippen molar-refractivity contribution in [1.29, 1.82) is 0 Å². The van der Waals surface area contributed by atoms with E-state index in [1.165, 1.54) is 0 Å². The molecule has 162 valence electrons. The molecule has 31 heavy (non-hydrogen) atoms. The Morgan fingerprint density at radius 3 is 2.84 bits per heavy atom. The molecule has 1 saturated heterocycles. The number of rotatable bonds is 8. The first-order valence-corrected chi connectivity index (χ1v) is 10.6. The maximum Gasteiger partial charge on any atom is 0.272 e. The molecule has 1 amide bonds. The fourth-order valence-electron chi connectivity index (χ4n) is 3.74. The Labute approximate surface area is 182 Å². The molecule has 0 aliphatic carbocycles. The maximum absolute atomic E-state index is 13.4. The molecule has 3 aromatic rings. The van der Waals surface area contributed by atoms with Gasteiger partial charge in [-0.2, -0.15) is 5.10 Å². The van der Waals surface area contributed by atoms with Crippen molar-refractivity contribution in [3.05, 3.63) is 77.4 Å². The first-order valence-electron chi connectivity index (χ1n) is 10.6. The molecule has 0 spiro atoms. The summed E-state index contributed by atoms with van der Waals surface area (Å²) in [5, 5.41) is 4.33. The number of benzene rings is 1. The summed E-state index contributed by atoms with van der Waals surface area (Å²) < 4.78 is 13.0. The van der Waals surface area contributed by atoms with Gasteiger partial charge in [0, 0.05) is 32.3 Å². The van der Waals surface area contributed by atoms with Gasteiger partial charge < -0.3 is 14.4 Å². The molecule has 3 heterocycles. The summed E-state index contributed by atoms with van der Waals surface area (Å²) in [4.78, 5) is 19.6. The minimum atomic E-state index is -0.0804. The number of amides is 1. The van der Waals surface area contributed by atoms with Gasteiger partial charge in [0.25, 0.3) is 5.91 Å². The van der Waals surface area contributed by atoms with Crippen molar-refractivity contribution >= 4 is 5.91 Å². The van der Waals surface area contributed by atoms with Crippen LogP contribution in [0.25, 0.3) is 0 Å². The lowest BCUT2D eigenvalue weighted by Crippen LogP contribution is -2.32. The van der Waals surface area contributed by atoms with Crippen molar-refractivity contribution in [2.24, 2.45) is 13.0 Å². The summed E-state index contributed by atoms with van der Waals surface area (Å²) in [5.74, 6) is 1.17. The van der Waals surface area contributed by atoms with Crippen molar-refractivity contribution < 1.29 is 14.3 Å². The Kier molecular flexibility index (Phi) is 6.62. The Balaban J connectivity index is 1.51. The van der Waals surface area contributed by atoms with Crippen LogP contribution in [0.4, 0.5) is 0 Å². The number of hydrogen-bond donors (Lipinski definition) is 0. The summed E-state index contributed by atoms with van der Waals surface area (Å²) in [6.07, 6.45) is 2.78. The van der Waals surface area contributed by atoms with E-state index in [0.717, 1.165) is 42.3 Å². The van der Waals surface area contributed by atoms with Gasteiger partial charge in [-0.15, -0.1) is 0 Å². The van der Waals surface area contributed by atoms with Gasteiger partial charge in [-0.3, -0.25) is 14.5 Å². The second-order valence-electron chi connectivity index (χ2n) is 7.96. The van der Waals surface area contributed by atoms with Gasteiger partial charge in [0.15, 0.2) is 0 Å². The first-order chi connectivity index (χ1) is 15.1. The van der Waals surface area contributed by atoms with Gasteiger partial charge in [0.05, 0.1) is 31.1 Å². The topological polar surface area (TPSA) is 69.5 Å². The van der Waals surface area contributed by atoms with Gasteiger partial charge in [-0.25, -0.2) is 0 Å². The molecule has 0 saturated carbocycles. The molecule has 1 atom stereocenters. The fraction of sp³-hybridized carbons (Fsp3) is 0.375. The Morgan fingerprint density at radius 2 is 2.13 bits per heavy atom. The molecular formula is C24H28N4O3. The average molecular weight is 421 g/mol. The highest BCUT2D eigenvalue weighted by atomic mass is 16.5. The minimum absolute atomic E-state index is 0.0804. The molecule has 0 radical (unpaired) electrons. The summed E-state index contributed by atoms with van der Waals surface area (Å²) in [5.41, 5.74) is 3.21. The molecule has 1 aliphatic rings. The summed E-state index contributed by atoms with van der Waals surface area (Å²) >= 11 is 0. The van der Waals surface area contributed by atoms with E-state index in [-0.39, 0.29) is 5.91 Å². The van der Waals surface area contributed by atoms with Crippen LogP contribution in [0.15, 0.2) is 54.7 Å². The van der Waals surface area contributed by atoms with Gasteiger partial charge in [-0.05, 0) is 49.2 Å². The van der Waals surface area contributed by atoms with Crippen LogP contribution in [0.3, 0.4) is 0 Å². The minimum Gasteiger partial charge on any atom is -0.493 e. The van der Waals surface area contributed by atoms with Crippen LogP contribution >= 0.6 is 0 Å². The number of carbonyl (C=O) groups is 1. The monoisotopic (exact) mass is 420 g/mol. The zero-order valence-corrected chi connectivity index (χ0v) is 18.0. The normalized spacial score (nSPS) is 15.7. The smallest absolute Gasteiger partial charge is 0.272 e. The zero-order chi connectivity index (χ0) is 21.6. The number of ether oxygens (including phenoxy) is 2. The lowest BCUT2D eigenvalue weighted by atomic mass is 10.1. The number of hydrogen-bond acceptors (Lipinski definition) is 5. The van der Waals surface area contributed by atoms with Gasteiger partial charge in [-0.1, -0.05) is 18.2 Å². The third kappa shape index (κ3) is 5.49. The van der Waals surface area contributed by atoms with Gasteiger partial charge >= 0.3 is 0 Å². The largest absolute Gasteiger partial charge is 0.493 e. The van der Waals surface area contributed by atoms with E-state index in [2.05, 4.69) is 10.1 Å². The molecule has 1 aliphatic heterocycles. The van der Waals surface area contributed by atoms with E-state index >= 15 is 0 Å². The molecule has 0 bridgehead atoms. The summed E-state index contributed by atoms with van der Waals surface area (Å²) in [6, 6.07) is 15.5. The van der Waals surface area contributed by atoms with Gasteiger partial charge in [0.1, 0.15) is 11.4 Å². The van der Waals surface area contributed by atoms with E-state index in [4.69, 9.17) is 9.47 Å². The van der Waals surface area contributed by atoms with Crippen LogP contribution in [-0.2, 0) is 24.9 Å². The summed E-state index contributed by atoms with van der Waals surface area (Å²) in [6.45, 7) is 4.96. The van der Waals surface area contributed by atoms with Crippen LogP contribution < -0.4 is 4.74 Å². The van der Waals surface area contributed by atoms with E-state index in [0.29, 0.717) is 31.3 Å². The molecule has 0 N–H and O–H groups in total.